The van der Waals surface area contributed by atoms with Gasteiger partial charge in [0.2, 0.25) is 0 Å². The molecule has 0 aliphatic carbocycles. The first kappa shape index (κ1) is 20.7. The van der Waals surface area contributed by atoms with E-state index in [1.54, 1.807) is 12.1 Å². The Kier molecular flexibility index (Phi) is 5.57. The summed E-state index contributed by atoms with van der Waals surface area (Å²) in [5.41, 5.74) is 9.03. The van der Waals surface area contributed by atoms with Crippen molar-refractivity contribution in [3.05, 3.63) is 64.2 Å². The van der Waals surface area contributed by atoms with Gasteiger partial charge in [0.15, 0.2) is 0 Å². The largest absolute Gasteiger partial charge is 0.350 e. The second-order valence-corrected chi connectivity index (χ2v) is 7.75. The maximum Gasteiger partial charge on any atom is 0.266 e. The fraction of sp³-hybridized carbons (Fsp3) is 0.348. The second kappa shape index (κ2) is 7.79. The van der Waals surface area contributed by atoms with Crippen molar-refractivity contribution in [2.75, 3.05) is 11.4 Å². The quantitative estimate of drug-likeness (QED) is 0.736. The van der Waals surface area contributed by atoms with Crippen LogP contribution in [-0.4, -0.2) is 29.8 Å². The molecule has 3 N–H and O–H groups in total. The van der Waals surface area contributed by atoms with Gasteiger partial charge >= 0.3 is 0 Å². The molecule has 0 aromatic heterocycles. The Morgan fingerprint density at radius 3 is 2.31 bits per heavy atom. The van der Waals surface area contributed by atoms with Crippen molar-refractivity contribution in [2.24, 2.45) is 5.73 Å². The minimum Gasteiger partial charge on any atom is -0.350 e. The molecule has 1 heterocycles. The van der Waals surface area contributed by atoms with E-state index in [2.05, 4.69) is 5.32 Å². The van der Waals surface area contributed by atoms with E-state index in [0.717, 1.165) is 24.0 Å². The van der Waals surface area contributed by atoms with Crippen LogP contribution in [0.25, 0.3) is 0 Å². The van der Waals surface area contributed by atoms with Crippen molar-refractivity contribution in [3.8, 4) is 0 Å². The zero-order valence-corrected chi connectivity index (χ0v) is 17.3. The molecule has 3 amide bonds. The molecule has 0 saturated heterocycles. The number of nitrogens with two attached hydrogens (primary N) is 1. The van der Waals surface area contributed by atoms with Gasteiger partial charge < -0.3 is 11.1 Å². The third-order valence-electron chi connectivity index (χ3n) is 5.76. The van der Waals surface area contributed by atoms with Crippen LogP contribution in [-0.2, 0) is 0 Å². The molecule has 6 heteroatoms. The highest BCUT2D eigenvalue weighted by molar-refractivity contribution is 6.35. The van der Waals surface area contributed by atoms with Gasteiger partial charge in [-0.05, 0) is 62.1 Å². The number of anilines is 1. The number of imide groups is 1. The van der Waals surface area contributed by atoms with Crippen LogP contribution in [0.5, 0.6) is 0 Å². The SMILES string of the molecule is CCC(N)(CC)CNC(=O)c1ccc2c(c1)C(=O)N(c1cc(C)ccc1C)C2=O. The predicted molar refractivity (Wildman–Crippen MR) is 113 cm³/mol. The topological polar surface area (TPSA) is 92.5 Å². The van der Waals surface area contributed by atoms with Gasteiger partial charge in [0.25, 0.3) is 17.7 Å². The minimum atomic E-state index is -0.461. The highest BCUT2D eigenvalue weighted by Crippen LogP contribution is 2.31. The number of amides is 3. The number of benzene rings is 2. The van der Waals surface area contributed by atoms with E-state index in [1.807, 2.05) is 45.9 Å². The molecule has 29 heavy (non-hydrogen) atoms. The molecule has 152 valence electrons. The van der Waals surface area contributed by atoms with Crippen molar-refractivity contribution in [1.29, 1.82) is 0 Å². The summed E-state index contributed by atoms with van der Waals surface area (Å²) < 4.78 is 0. The zero-order valence-electron chi connectivity index (χ0n) is 17.3. The van der Waals surface area contributed by atoms with Crippen LogP contribution in [0.2, 0.25) is 0 Å². The molecular formula is C23H27N3O3. The van der Waals surface area contributed by atoms with Gasteiger partial charge in [-0.25, -0.2) is 4.90 Å². The zero-order chi connectivity index (χ0) is 21.3. The molecule has 1 aliphatic heterocycles. The Hall–Kier alpha value is -2.99. The normalized spacial score (nSPS) is 13.6. The molecule has 0 unspecified atom stereocenters. The van der Waals surface area contributed by atoms with Gasteiger partial charge in [-0.1, -0.05) is 26.0 Å². The Balaban J connectivity index is 1.88. The summed E-state index contributed by atoms with van der Waals surface area (Å²) in [6.07, 6.45) is 1.48. The molecule has 6 nitrogen and oxygen atoms in total. The number of aryl methyl sites for hydroxylation is 2. The molecule has 0 fully saturated rings. The first-order valence-corrected chi connectivity index (χ1v) is 9.88. The van der Waals surface area contributed by atoms with Gasteiger partial charge in [-0.2, -0.15) is 0 Å². The van der Waals surface area contributed by atoms with Crippen LogP contribution in [0.4, 0.5) is 5.69 Å². The maximum atomic E-state index is 13.0. The lowest BCUT2D eigenvalue weighted by molar-refractivity contribution is 0.0922. The van der Waals surface area contributed by atoms with Crippen molar-refractivity contribution in [2.45, 2.75) is 46.1 Å². The van der Waals surface area contributed by atoms with E-state index < -0.39 is 11.4 Å². The Bertz CT molecular complexity index is 993. The Morgan fingerprint density at radius 1 is 1.00 bits per heavy atom. The lowest BCUT2D eigenvalue weighted by Gasteiger charge is -2.26. The summed E-state index contributed by atoms with van der Waals surface area (Å²) >= 11 is 0. The van der Waals surface area contributed by atoms with Crippen LogP contribution in [0.15, 0.2) is 36.4 Å². The number of hydrogen-bond acceptors (Lipinski definition) is 4. The number of rotatable bonds is 6. The van der Waals surface area contributed by atoms with Crippen LogP contribution >= 0.6 is 0 Å². The molecule has 0 atom stereocenters. The van der Waals surface area contributed by atoms with E-state index in [1.165, 1.54) is 11.0 Å². The number of hydrogen-bond donors (Lipinski definition) is 2. The monoisotopic (exact) mass is 393 g/mol. The van der Waals surface area contributed by atoms with E-state index in [4.69, 9.17) is 5.73 Å². The third-order valence-corrected chi connectivity index (χ3v) is 5.76. The molecule has 0 spiro atoms. The number of nitrogens with one attached hydrogen (secondary N) is 1. The summed E-state index contributed by atoms with van der Waals surface area (Å²) in [5, 5.41) is 2.84. The first-order valence-electron chi connectivity index (χ1n) is 9.88. The van der Waals surface area contributed by atoms with Crippen molar-refractivity contribution in [1.82, 2.24) is 5.32 Å². The second-order valence-electron chi connectivity index (χ2n) is 7.75. The fourth-order valence-corrected chi connectivity index (χ4v) is 3.42. The van der Waals surface area contributed by atoms with E-state index in [-0.39, 0.29) is 17.4 Å². The molecule has 0 radical (unpaired) electrons. The number of carbonyl (C=O) groups excluding carboxylic acids is 3. The Labute approximate surface area is 171 Å². The highest BCUT2D eigenvalue weighted by atomic mass is 16.2. The molecule has 3 rings (SSSR count). The van der Waals surface area contributed by atoms with Crippen molar-refractivity contribution in [3.63, 3.8) is 0 Å². The lowest BCUT2D eigenvalue weighted by Crippen LogP contribution is -2.49. The summed E-state index contributed by atoms with van der Waals surface area (Å²) in [4.78, 5) is 39.7. The van der Waals surface area contributed by atoms with Gasteiger partial charge in [0.05, 0.1) is 16.8 Å². The summed E-state index contributed by atoms with van der Waals surface area (Å²) in [7, 11) is 0. The smallest absolute Gasteiger partial charge is 0.266 e. The van der Waals surface area contributed by atoms with Crippen LogP contribution in [0.1, 0.15) is 68.9 Å². The summed E-state index contributed by atoms with van der Waals surface area (Å²) in [5.74, 6) is -1.10. The first-order chi connectivity index (χ1) is 13.7. The number of nitrogens with zero attached hydrogens (tertiary/aromatic N) is 1. The van der Waals surface area contributed by atoms with Crippen molar-refractivity contribution < 1.29 is 14.4 Å². The molecule has 0 saturated carbocycles. The average Bonchev–Trinajstić information content (AvgIpc) is 2.97. The molecule has 2 aromatic rings. The standard InChI is InChI=1S/C23H27N3O3/c1-5-23(24,6-2)13-25-20(27)16-9-10-17-18(12-16)22(29)26(21(17)28)19-11-14(3)7-8-15(19)4/h7-12H,5-6,13,24H2,1-4H3,(H,25,27). The molecular weight excluding hydrogens is 366 g/mol. The average molecular weight is 393 g/mol. The molecule has 2 aromatic carbocycles. The number of fused-ring (bicyclic) bond motifs is 1. The van der Waals surface area contributed by atoms with Gasteiger partial charge in [0.1, 0.15) is 0 Å². The van der Waals surface area contributed by atoms with E-state index >= 15 is 0 Å². The maximum absolute atomic E-state index is 13.0. The van der Waals surface area contributed by atoms with E-state index in [0.29, 0.717) is 23.4 Å². The molecule has 0 bridgehead atoms. The van der Waals surface area contributed by atoms with Crippen LogP contribution in [0, 0.1) is 13.8 Å². The lowest BCUT2D eigenvalue weighted by atomic mass is 9.94. The molecule has 1 aliphatic rings. The van der Waals surface area contributed by atoms with Gasteiger partial charge in [0, 0.05) is 17.6 Å². The van der Waals surface area contributed by atoms with Gasteiger partial charge in [-0.3, -0.25) is 14.4 Å². The number of carbonyl (C=O) groups is 3. The fourth-order valence-electron chi connectivity index (χ4n) is 3.42. The van der Waals surface area contributed by atoms with E-state index in [9.17, 15) is 14.4 Å². The van der Waals surface area contributed by atoms with Crippen LogP contribution in [0.3, 0.4) is 0 Å². The predicted octanol–water partition coefficient (Wildman–Crippen LogP) is 3.35. The van der Waals surface area contributed by atoms with Crippen LogP contribution < -0.4 is 16.0 Å². The summed E-state index contributed by atoms with van der Waals surface area (Å²) in [6, 6.07) is 10.2. The highest BCUT2D eigenvalue weighted by Gasteiger charge is 2.38. The Morgan fingerprint density at radius 2 is 1.66 bits per heavy atom. The minimum absolute atomic E-state index is 0.244. The summed E-state index contributed by atoms with van der Waals surface area (Å²) in [6.45, 7) is 8.08. The van der Waals surface area contributed by atoms with Gasteiger partial charge in [-0.15, -0.1) is 0 Å². The third kappa shape index (κ3) is 3.80. The van der Waals surface area contributed by atoms with Crippen molar-refractivity contribution >= 4 is 23.4 Å².